The maximum atomic E-state index is 13.8. The fourth-order valence-electron chi connectivity index (χ4n) is 2.39. The van der Waals surface area contributed by atoms with Gasteiger partial charge in [0.25, 0.3) is 0 Å². The second-order valence-electron chi connectivity index (χ2n) is 6.39. The average Bonchev–Trinajstić information content (AvgIpc) is 2.66. The van der Waals surface area contributed by atoms with E-state index in [4.69, 9.17) is 0 Å². The van der Waals surface area contributed by atoms with E-state index in [1.54, 1.807) is 0 Å². The molecule has 0 spiro atoms. The van der Waals surface area contributed by atoms with Crippen molar-refractivity contribution in [2.75, 3.05) is 5.32 Å². The van der Waals surface area contributed by atoms with Crippen molar-refractivity contribution in [1.29, 1.82) is 0 Å². The number of carbonyl (C=O) groups excluding carboxylic acids is 1. The lowest BCUT2D eigenvalue weighted by atomic mass is 9.93. The monoisotopic (exact) mass is 489 g/mol. The minimum Gasteiger partial charge on any atom is -0.321 e. The van der Waals surface area contributed by atoms with E-state index >= 15 is 0 Å². The number of halogens is 13. The molecule has 32 heavy (non-hydrogen) atoms. The van der Waals surface area contributed by atoms with Gasteiger partial charge in [0.15, 0.2) is 0 Å². The van der Waals surface area contributed by atoms with Gasteiger partial charge in [-0.15, -0.1) is 0 Å². The Morgan fingerprint density at radius 1 is 0.594 bits per heavy atom. The quantitative estimate of drug-likeness (QED) is 0.461. The van der Waals surface area contributed by atoms with Crippen molar-refractivity contribution in [3.63, 3.8) is 0 Å². The van der Waals surface area contributed by atoms with Gasteiger partial charge in [0.1, 0.15) is 0 Å². The van der Waals surface area contributed by atoms with Crippen LogP contribution in [0.5, 0.6) is 0 Å². The summed E-state index contributed by atoms with van der Waals surface area (Å²) in [4.78, 5) is 11.5. The van der Waals surface area contributed by atoms with E-state index in [1.165, 1.54) is 24.3 Å². The van der Waals surface area contributed by atoms with Crippen LogP contribution in [-0.2, 0) is 4.79 Å². The van der Waals surface area contributed by atoms with Gasteiger partial charge in [-0.3, -0.25) is 4.79 Å². The number of hydrogen-bond donors (Lipinski definition) is 1. The van der Waals surface area contributed by atoms with Crippen LogP contribution in [0.25, 0.3) is 10.8 Å². The molecule has 2 nitrogen and oxygen atoms in total. The number of alkyl halides is 13. The number of anilines is 1. The smallest absolute Gasteiger partial charge is 0.321 e. The fraction of sp³-hybridized carbons (Fsp3) is 0.353. The molecule has 0 heterocycles. The molecule has 2 aromatic rings. The molecule has 0 aliphatic carbocycles. The third kappa shape index (κ3) is 3.60. The standard InChI is InChI=1S/C17H8F13NO/c18-12(19,11(32)31-10-6-5-8-3-1-2-4-9(8)7-10)13(20,21)14(22,23)15(24,25)16(26,27)17(28,29)30/h1-7H,(H,31,32). The molecule has 178 valence electrons. The maximum absolute atomic E-state index is 13.8. The van der Waals surface area contributed by atoms with Crippen molar-refractivity contribution in [1.82, 2.24) is 0 Å². The van der Waals surface area contributed by atoms with Crippen LogP contribution in [0.15, 0.2) is 42.5 Å². The summed E-state index contributed by atoms with van der Waals surface area (Å²) in [7, 11) is 0. The summed E-state index contributed by atoms with van der Waals surface area (Å²) in [5.41, 5.74) is -0.722. The fourth-order valence-corrected chi connectivity index (χ4v) is 2.39. The van der Waals surface area contributed by atoms with Gasteiger partial charge in [0.05, 0.1) is 0 Å². The molecule has 0 aliphatic rings. The summed E-state index contributed by atoms with van der Waals surface area (Å²) in [5.74, 6) is -41.8. The van der Waals surface area contributed by atoms with Crippen LogP contribution in [0.1, 0.15) is 0 Å². The maximum Gasteiger partial charge on any atom is 0.460 e. The molecule has 0 saturated heterocycles. The SMILES string of the molecule is O=C(Nc1ccc2ccccc2c1)C(F)(F)C(F)(F)C(F)(F)C(F)(F)C(F)(F)C(F)(F)F. The number of hydrogen-bond acceptors (Lipinski definition) is 1. The van der Waals surface area contributed by atoms with Crippen molar-refractivity contribution in [2.24, 2.45) is 0 Å². The molecule has 0 bridgehead atoms. The minimum absolute atomic E-state index is 0.210. The zero-order valence-electron chi connectivity index (χ0n) is 14.9. The molecule has 0 aliphatic heterocycles. The molecule has 0 unspecified atom stereocenters. The highest BCUT2D eigenvalue weighted by molar-refractivity contribution is 5.99. The van der Waals surface area contributed by atoms with Crippen molar-refractivity contribution in [2.45, 2.75) is 35.8 Å². The van der Waals surface area contributed by atoms with Crippen LogP contribution in [-0.4, -0.2) is 41.7 Å². The molecule has 0 aromatic heterocycles. The molecule has 2 aromatic carbocycles. The third-order valence-corrected chi connectivity index (χ3v) is 4.23. The number of rotatable bonds is 6. The van der Waals surface area contributed by atoms with Gasteiger partial charge in [0.2, 0.25) is 0 Å². The zero-order chi connectivity index (χ0) is 25.0. The van der Waals surface area contributed by atoms with Crippen LogP contribution >= 0.6 is 0 Å². The van der Waals surface area contributed by atoms with E-state index in [-0.39, 0.29) is 5.39 Å². The molecular formula is C17H8F13NO. The van der Waals surface area contributed by atoms with E-state index in [0.717, 1.165) is 23.5 Å². The summed E-state index contributed by atoms with van der Waals surface area (Å²) in [6, 6.07) is 8.60. The molecule has 0 fully saturated rings. The lowest BCUT2D eigenvalue weighted by Gasteiger charge is -2.39. The second kappa shape index (κ2) is 7.40. The summed E-state index contributed by atoms with van der Waals surface area (Å²) in [5, 5.41) is 1.66. The van der Waals surface area contributed by atoms with Gasteiger partial charge >= 0.3 is 41.7 Å². The predicted octanol–water partition coefficient (Wildman–Crippen LogP) is 6.52. The predicted molar refractivity (Wildman–Crippen MR) is 83.4 cm³/mol. The van der Waals surface area contributed by atoms with Gasteiger partial charge in [-0.1, -0.05) is 30.3 Å². The highest BCUT2D eigenvalue weighted by Gasteiger charge is 2.91. The Kier molecular flexibility index (Phi) is 5.90. The minimum atomic E-state index is -8.06. The van der Waals surface area contributed by atoms with Crippen LogP contribution < -0.4 is 5.32 Å². The number of fused-ring (bicyclic) bond motifs is 1. The number of benzene rings is 2. The van der Waals surface area contributed by atoms with Gasteiger partial charge in [-0.05, 0) is 22.9 Å². The Morgan fingerprint density at radius 3 is 1.56 bits per heavy atom. The first-order chi connectivity index (χ1) is 14.2. The first kappa shape index (κ1) is 25.5. The zero-order valence-corrected chi connectivity index (χ0v) is 14.9. The molecule has 15 heteroatoms. The highest BCUT2D eigenvalue weighted by Crippen LogP contribution is 2.60. The highest BCUT2D eigenvalue weighted by atomic mass is 19.4. The number of amides is 1. The summed E-state index contributed by atoms with van der Waals surface area (Å²) in [6.45, 7) is 0. The molecule has 0 saturated carbocycles. The topological polar surface area (TPSA) is 29.1 Å². The Bertz CT molecular complexity index is 1010. The van der Waals surface area contributed by atoms with Crippen molar-refractivity contribution >= 4 is 22.4 Å². The average molecular weight is 489 g/mol. The van der Waals surface area contributed by atoms with Crippen molar-refractivity contribution in [3.8, 4) is 0 Å². The summed E-state index contributed by atoms with van der Waals surface area (Å²) in [6.07, 6.45) is -7.52. The van der Waals surface area contributed by atoms with Crippen LogP contribution in [0, 0.1) is 0 Å². The summed E-state index contributed by atoms with van der Waals surface area (Å²) < 4.78 is 170. The number of nitrogens with one attached hydrogen (secondary N) is 1. The van der Waals surface area contributed by atoms with E-state index in [2.05, 4.69) is 0 Å². The third-order valence-electron chi connectivity index (χ3n) is 4.23. The normalized spacial score (nSPS) is 14.5. The molecule has 0 atom stereocenters. The van der Waals surface area contributed by atoms with E-state index in [9.17, 15) is 61.9 Å². The lowest BCUT2D eigenvalue weighted by Crippen LogP contribution is -2.71. The largest absolute Gasteiger partial charge is 0.460 e. The van der Waals surface area contributed by atoms with Gasteiger partial charge in [0, 0.05) is 5.69 Å². The van der Waals surface area contributed by atoms with Crippen molar-refractivity contribution in [3.05, 3.63) is 42.5 Å². The van der Waals surface area contributed by atoms with Gasteiger partial charge < -0.3 is 5.32 Å². The first-order valence-corrected chi connectivity index (χ1v) is 7.98. The number of carbonyl (C=O) groups is 1. The molecule has 2 rings (SSSR count). The van der Waals surface area contributed by atoms with E-state index in [1.807, 2.05) is 0 Å². The molecule has 0 radical (unpaired) electrons. The van der Waals surface area contributed by atoms with E-state index in [0.29, 0.717) is 5.39 Å². The van der Waals surface area contributed by atoms with Crippen LogP contribution in [0.2, 0.25) is 0 Å². The summed E-state index contributed by atoms with van der Waals surface area (Å²) >= 11 is 0. The van der Waals surface area contributed by atoms with Crippen LogP contribution in [0.3, 0.4) is 0 Å². The second-order valence-corrected chi connectivity index (χ2v) is 6.39. The Morgan fingerprint density at radius 2 is 1.06 bits per heavy atom. The first-order valence-electron chi connectivity index (χ1n) is 7.98. The Balaban J connectivity index is 2.43. The molecule has 1 N–H and O–H groups in total. The molecular weight excluding hydrogens is 481 g/mol. The van der Waals surface area contributed by atoms with Crippen LogP contribution in [0.4, 0.5) is 62.8 Å². The molecule has 1 amide bonds. The van der Waals surface area contributed by atoms with Gasteiger partial charge in [-0.2, -0.15) is 57.1 Å². The lowest BCUT2D eigenvalue weighted by molar-refractivity contribution is -0.435. The van der Waals surface area contributed by atoms with Gasteiger partial charge in [-0.25, -0.2) is 0 Å². The Hall–Kier alpha value is -2.74. The van der Waals surface area contributed by atoms with Crippen molar-refractivity contribution < 1.29 is 61.9 Å². The Labute approximate surface area is 169 Å². The van der Waals surface area contributed by atoms with E-state index < -0.39 is 47.4 Å².